The van der Waals surface area contributed by atoms with Crippen LogP contribution >= 0.6 is 0 Å². The quantitative estimate of drug-likeness (QED) is 0.802. The van der Waals surface area contributed by atoms with Gasteiger partial charge < -0.3 is 9.64 Å². The number of anilines is 1. The molecule has 0 saturated carbocycles. The Bertz CT molecular complexity index is 379. The Hall–Kier alpha value is -1.16. The maximum Gasteiger partial charge on any atom is 0.150 e. The summed E-state index contributed by atoms with van der Waals surface area (Å²) >= 11 is 0. The average molecular weight is 235 g/mol. The lowest BCUT2D eigenvalue weighted by molar-refractivity contribution is 0.143. The molecule has 1 saturated heterocycles. The van der Waals surface area contributed by atoms with Gasteiger partial charge in [0.25, 0.3) is 0 Å². The number of aryl methyl sites for hydroxylation is 2. The Kier molecular flexibility index (Phi) is 3.94. The maximum absolute atomic E-state index is 5.26. The first-order valence-corrected chi connectivity index (χ1v) is 6.25. The molecule has 0 spiro atoms. The van der Waals surface area contributed by atoms with Gasteiger partial charge in [-0.15, -0.1) is 0 Å². The van der Waals surface area contributed by atoms with Crippen molar-refractivity contribution in [1.29, 1.82) is 0 Å². The Morgan fingerprint density at radius 1 is 1.47 bits per heavy atom. The molecule has 0 N–H and O–H groups in total. The zero-order valence-corrected chi connectivity index (χ0v) is 10.9. The molecule has 0 radical (unpaired) electrons. The number of aromatic nitrogens is 2. The summed E-state index contributed by atoms with van der Waals surface area (Å²) in [4.78, 5) is 11.4. The molecule has 0 aliphatic carbocycles. The molecule has 1 aromatic rings. The van der Waals surface area contributed by atoms with Crippen LogP contribution in [-0.2, 0) is 4.74 Å². The molecule has 0 aromatic carbocycles. The van der Waals surface area contributed by atoms with Gasteiger partial charge >= 0.3 is 0 Å². The number of rotatable bonds is 3. The highest BCUT2D eigenvalue weighted by Gasteiger charge is 2.22. The van der Waals surface area contributed by atoms with Gasteiger partial charge in [-0.05, 0) is 32.6 Å². The number of hydrogen-bond acceptors (Lipinski definition) is 4. The van der Waals surface area contributed by atoms with Gasteiger partial charge in [0.2, 0.25) is 0 Å². The van der Waals surface area contributed by atoms with Crippen LogP contribution < -0.4 is 4.90 Å². The lowest BCUT2D eigenvalue weighted by atomic mass is 9.99. The molecule has 0 amide bonds. The Morgan fingerprint density at radius 3 is 3.06 bits per heavy atom. The van der Waals surface area contributed by atoms with E-state index in [1.165, 1.54) is 12.8 Å². The topological polar surface area (TPSA) is 38.2 Å². The number of methoxy groups -OCH3 is 1. The normalized spacial score (nSPS) is 20.6. The third-order valence-electron chi connectivity index (χ3n) is 3.27. The van der Waals surface area contributed by atoms with Crippen molar-refractivity contribution >= 4 is 5.82 Å². The standard InChI is InChI=1S/C13H21N3O/c1-10-7-14-11(2)13(15-10)16-6-4-5-12(8-16)9-17-3/h7,12H,4-6,8-9H2,1-3H3. The third kappa shape index (κ3) is 2.94. The molecule has 1 aliphatic heterocycles. The molecular formula is C13H21N3O. The van der Waals surface area contributed by atoms with Crippen LogP contribution in [0, 0.1) is 19.8 Å². The first-order valence-electron chi connectivity index (χ1n) is 6.25. The lowest BCUT2D eigenvalue weighted by Crippen LogP contribution is -2.38. The Balaban J connectivity index is 2.13. The summed E-state index contributed by atoms with van der Waals surface area (Å²) in [6.45, 7) is 6.98. The van der Waals surface area contributed by atoms with Crippen molar-refractivity contribution in [2.45, 2.75) is 26.7 Å². The minimum absolute atomic E-state index is 0.621. The van der Waals surface area contributed by atoms with Crippen molar-refractivity contribution < 1.29 is 4.74 Å². The molecule has 1 unspecified atom stereocenters. The molecule has 94 valence electrons. The van der Waals surface area contributed by atoms with E-state index in [4.69, 9.17) is 4.74 Å². The van der Waals surface area contributed by atoms with E-state index < -0.39 is 0 Å². The van der Waals surface area contributed by atoms with Crippen LogP contribution in [0.25, 0.3) is 0 Å². The van der Waals surface area contributed by atoms with Gasteiger partial charge in [-0.3, -0.25) is 4.98 Å². The van der Waals surface area contributed by atoms with Crippen molar-refractivity contribution in [2.75, 3.05) is 31.7 Å². The lowest BCUT2D eigenvalue weighted by Gasteiger charge is -2.33. The number of ether oxygens (including phenoxy) is 1. The first-order chi connectivity index (χ1) is 8.20. The SMILES string of the molecule is COCC1CCCN(c2nc(C)cnc2C)C1. The van der Waals surface area contributed by atoms with E-state index in [1.54, 1.807) is 7.11 Å². The molecule has 1 aliphatic rings. The van der Waals surface area contributed by atoms with Gasteiger partial charge in [-0.25, -0.2) is 4.98 Å². The fraction of sp³-hybridized carbons (Fsp3) is 0.692. The molecule has 4 nitrogen and oxygen atoms in total. The van der Waals surface area contributed by atoms with E-state index >= 15 is 0 Å². The third-order valence-corrected chi connectivity index (χ3v) is 3.27. The molecule has 4 heteroatoms. The van der Waals surface area contributed by atoms with Crippen molar-refractivity contribution in [1.82, 2.24) is 9.97 Å². The van der Waals surface area contributed by atoms with Gasteiger partial charge in [0.05, 0.1) is 18.0 Å². The second kappa shape index (κ2) is 5.45. The summed E-state index contributed by atoms with van der Waals surface area (Å²) in [7, 11) is 1.77. The number of hydrogen-bond donors (Lipinski definition) is 0. The fourth-order valence-electron chi connectivity index (χ4n) is 2.45. The molecule has 1 atom stereocenters. The highest BCUT2D eigenvalue weighted by molar-refractivity contribution is 5.43. The minimum Gasteiger partial charge on any atom is -0.384 e. The van der Waals surface area contributed by atoms with E-state index in [2.05, 4.69) is 14.9 Å². The van der Waals surface area contributed by atoms with Crippen molar-refractivity contribution in [3.8, 4) is 0 Å². The van der Waals surface area contributed by atoms with Gasteiger partial charge in [0, 0.05) is 26.4 Å². The number of piperidine rings is 1. The summed E-state index contributed by atoms with van der Waals surface area (Å²) in [6.07, 6.45) is 4.29. The van der Waals surface area contributed by atoms with Crippen LogP contribution in [0.3, 0.4) is 0 Å². The van der Waals surface area contributed by atoms with E-state index in [1.807, 2.05) is 20.0 Å². The predicted molar refractivity (Wildman–Crippen MR) is 68.3 cm³/mol. The molecule has 1 fully saturated rings. The summed E-state index contributed by atoms with van der Waals surface area (Å²) in [6, 6.07) is 0. The van der Waals surface area contributed by atoms with Crippen LogP contribution in [0.4, 0.5) is 5.82 Å². The monoisotopic (exact) mass is 235 g/mol. The molecule has 2 heterocycles. The smallest absolute Gasteiger partial charge is 0.150 e. The van der Waals surface area contributed by atoms with E-state index in [9.17, 15) is 0 Å². The van der Waals surface area contributed by atoms with E-state index in [-0.39, 0.29) is 0 Å². The van der Waals surface area contributed by atoms with Crippen LogP contribution in [-0.4, -0.2) is 36.8 Å². The van der Waals surface area contributed by atoms with E-state index in [0.29, 0.717) is 5.92 Å². The summed E-state index contributed by atoms with van der Waals surface area (Å²) in [5, 5.41) is 0. The molecule has 17 heavy (non-hydrogen) atoms. The zero-order valence-electron chi connectivity index (χ0n) is 10.9. The molecular weight excluding hydrogens is 214 g/mol. The minimum atomic E-state index is 0.621. The van der Waals surface area contributed by atoms with E-state index in [0.717, 1.165) is 36.9 Å². The first kappa shape index (κ1) is 12.3. The molecule has 0 bridgehead atoms. The Morgan fingerprint density at radius 2 is 2.29 bits per heavy atom. The summed E-state index contributed by atoms with van der Waals surface area (Å²) in [5.41, 5.74) is 2.01. The average Bonchev–Trinajstić information content (AvgIpc) is 2.33. The van der Waals surface area contributed by atoms with Gasteiger partial charge in [-0.1, -0.05) is 0 Å². The molecule has 1 aromatic heterocycles. The second-order valence-corrected chi connectivity index (χ2v) is 4.83. The Labute approximate surface area is 103 Å². The molecule has 2 rings (SSSR count). The van der Waals surface area contributed by atoms with Gasteiger partial charge in [0.15, 0.2) is 0 Å². The van der Waals surface area contributed by atoms with Crippen LogP contribution in [0.5, 0.6) is 0 Å². The van der Waals surface area contributed by atoms with Gasteiger partial charge in [0.1, 0.15) is 5.82 Å². The predicted octanol–water partition coefficient (Wildman–Crippen LogP) is 1.96. The highest BCUT2D eigenvalue weighted by Crippen LogP contribution is 2.23. The fourth-order valence-corrected chi connectivity index (χ4v) is 2.45. The van der Waals surface area contributed by atoms with Crippen molar-refractivity contribution in [2.24, 2.45) is 5.92 Å². The summed E-state index contributed by atoms with van der Waals surface area (Å²) < 4.78 is 5.26. The maximum atomic E-state index is 5.26. The highest BCUT2D eigenvalue weighted by atomic mass is 16.5. The van der Waals surface area contributed by atoms with Crippen LogP contribution in [0.2, 0.25) is 0 Å². The van der Waals surface area contributed by atoms with Crippen LogP contribution in [0.1, 0.15) is 24.2 Å². The van der Waals surface area contributed by atoms with Crippen molar-refractivity contribution in [3.63, 3.8) is 0 Å². The summed E-state index contributed by atoms with van der Waals surface area (Å²) in [5.74, 6) is 1.67. The number of nitrogens with zero attached hydrogens (tertiary/aromatic N) is 3. The van der Waals surface area contributed by atoms with Crippen LogP contribution in [0.15, 0.2) is 6.20 Å². The zero-order chi connectivity index (χ0) is 12.3. The largest absolute Gasteiger partial charge is 0.384 e. The second-order valence-electron chi connectivity index (χ2n) is 4.83. The van der Waals surface area contributed by atoms with Crippen molar-refractivity contribution in [3.05, 3.63) is 17.6 Å². The van der Waals surface area contributed by atoms with Gasteiger partial charge in [-0.2, -0.15) is 0 Å².